The largest absolute Gasteiger partial charge is 0.417 e. The highest BCUT2D eigenvalue weighted by Gasteiger charge is 2.33. The molecule has 0 radical (unpaired) electrons. The Bertz CT molecular complexity index is 862. The molecule has 1 saturated heterocycles. The van der Waals surface area contributed by atoms with Gasteiger partial charge in [-0.05, 0) is 34.7 Å². The van der Waals surface area contributed by atoms with Crippen LogP contribution in [-0.4, -0.2) is 19.6 Å². The Labute approximate surface area is 156 Å². The van der Waals surface area contributed by atoms with Crippen LogP contribution < -0.4 is 10.6 Å². The fourth-order valence-electron chi connectivity index (χ4n) is 2.91. The second-order valence-electron chi connectivity index (χ2n) is 6.65. The number of hydrogen-bond acceptors (Lipinski definition) is 3. The minimum absolute atomic E-state index is 0.366. The molecule has 0 amide bonds. The van der Waals surface area contributed by atoms with Crippen LogP contribution in [-0.2, 0) is 12.7 Å². The second-order valence-corrected chi connectivity index (χ2v) is 6.65. The summed E-state index contributed by atoms with van der Waals surface area (Å²) in [5, 5.41) is 15.5. The van der Waals surface area contributed by atoms with Gasteiger partial charge in [0.1, 0.15) is 0 Å². The maximum absolute atomic E-state index is 13.1. The number of rotatable bonds is 6. The van der Waals surface area contributed by atoms with Gasteiger partial charge in [0.2, 0.25) is 0 Å². The van der Waals surface area contributed by atoms with Gasteiger partial charge in [0.25, 0.3) is 0 Å². The van der Waals surface area contributed by atoms with E-state index in [0.717, 1.165) is 43.4 Å². The number of nitrogens with one attached hydrogen (secondary N) is 2. The lowest BCUT2D eigenvalue weighted by atomic mass is 10.0. The molecular weight excluding hydrogens is 351 g/mol. The molecule has 1 aliphatic rings. The Morgan fingerprint density at radius 3 is 2.48 bits per heavy atom. The van der Waals surface area contributed by atoms with Crippen LogP contribution in [0.2, 0.25) is 0 Å². The summed E-state index contributed by atoms with van der Waals surface area (Å²) in [5.74, 6) is 0.687. The van der Waals surface area contributed by atoms with Crippen LogP contribution in [0.5, 0.6) is 0 Å². The first kappa shape index (κ1) is 19.2. The predicted molar refractivity (Wildman–Crippen MR) is 99.6 cm³/mol. The average molecular weight is 371 g/mol. The summed E-state index contributed by atoms with van der Waals surface area (Å²) in [5.41, 5.74) is 1.17. The van der Waals surface area contributed by atoms with Crippen molar-refractivity contribution in [3.8, 4) is 6.07 Å². The Morgan fingerprint density at radius 2 is 1.85 bits per heavy atom. The maximum atomic E-state index is 13.1. The Morgan fingerprint density at radius 1 is 1.11 bits per heavy atom. The minimum atomic E-state index is -4.55. The van der Waals surface area contributed by atoms with Crippen molar-refractivity contribution >= 4 is 12.2 Å². The minimum Gasteiger partial charge on any atom is -0.316 e. The SMILES string of the molecule is N#Cc1ccc(/C=C/c2cccc(CNCC3CNC3)c2)cc1C(F)(F)F. The standard InChI is InChI=1S/C21H20F3N3/c22-21(23,24)20-9-16(6-7-19(20)10-25)5-4-15-2-1-3-17(8-15)11-26-12-18-13-27-14-18/h1-9,18,26-27H,11-14H2/b5-4+. The van der Waals surface area contributed by atoms with E-state index in [4.69, 9.17) is 5.26 Å². The van der Waals surface area contributed by atoms with E-state index in [1.165, 1.54) is 12.1 Å². The van der Waals surface area contributed by atoms with E-state index in [1.807, 2.05) is 24.3 Å². The molecule has 27 heavy (non-hydrogen) atoms. The third kappa shape index (κ3) is 5.19. The molecular formula is C21H20F3N3. The summed E-state index contributed by atoms with van der Waals surface area (Å²) in [4.78, 5) is 0. The molecule has 0 bridgehead atoms. The van der Waals surface area contributed by atoms with E-state index in [2.05, 4.69) is 10.6 Å². The Hall–Kier alpha value is -2.62. The van der Waals surface area contributed by atoms with Crippen molar-refractivity contribution in [3.63, 3.8) is 0 Å². The van der Waals surface area contributed by atoms with Crippen LogP contribution in [0.4, 0.5) is 13.2 Å². The van der Waals surface area contributed by atoms with Gasteiger partial charge in [-0.3, -0.25) is 0 Å². The Kier molecular flexibility index (Phi) is 5.94. The van der Waals surface area contributed by atoms with E-state index >= 15 is 0 Å². The number of benzene rings is 2. The number of hydrogen-bond donors (Lipinski definition) is 2. The number of alkyl halides is 3. The van der Waals surface area contributed by atoms with Crippen molar-refractivity contribution in [3.05, 3.63) is 70.3 Å². The fraction of sp³-hybridized carbons (Fsp3) is 0.286. The summed E-state index contributed by atoms with van der Waals surface area (Å²) in [7, 11) is 0. The molecule has 0 saturated carbocycles. The lowest BCUT2D eigenvalue weighted by molar-refractivity contribution is -0.137. The third-order valence-corrected chi connectivity index (χ3v) is 4.52. The topological polar surface area (TPSA) is 47.9 Å². The van der Waals surface area contributed by atoms with E-state index in [1.54, 1.807) is 18.2 Å². The third-order valence-electron chi connectivity index (χ3n) is 4.52. The van der Waals surface area contributed by atoms with Crippen molar-refractivity contribution < 1.29 is 13.2 Å². The van der Waals surface area contributed by atoms with Gasteiger partial charge in [-0.25, -0.2) is 0 Å². The summed E-state index contributed by atoms with van der Waals surface area (Å²) < 4.78 is 39.2. The monoisotopic (exact) mass is 371 g/mol. The van der Waals surface area contributed by atoms with Gasteiger partial charge in [-0.15, -0.1) is 0 Å². The molecule has 1 fully saturated rings. The highest BCUT2D eigenvalue weighted by molar-refractivity contribution is 5.70. The van der Waals surface area contributed by atoms with Gasteiger partial charge in [0.05, 0.1) is 17.2 Å². The summed E-state index contributed by atoms with van der Waals surface area (Å²) in [6, 6.07) is 13.2. The van der Waals surface area contributed by atoms with Gasteiger partial charge >= 0.3 is 6.18 Å². The molecule has 2 aromatic carbocycles. The lowest BCUT2D eigenvalue weighted by Crippen LogP contribution is -2.47. The molecule has 2 N–H and O–H groups in total. The first-order valence-corrected chi connectivity index (χ1v) is 8.75. The van der Waals surface area contributed by atoms with Gasteiger partial charge in [0, 0.05) is 26.2 Å². The first-order chi connectivity index (χ1) is 13.0. The molecule has 0 spiro atoms. The molecule has 1 heterocycles. The molecule has 3 nitrogen and oxygen atoms in total. The molecule has 3 rings (SSSR count). The van der Waals surface area contributed by atoms with Crippen molar-refractivity contribution in [2.45, 2.75) is 12.7 Å². The van der Waals surface area contributed by atoms with Crippen molar-refractivity contribution in [1.29, 1.82) is 5.26 Å². The molecule has 6 heteroatoms. The quantitative estimate of drug-likeness (QED) is 0.753. The number of nitriles is 1. The first-order valence-electron chi connectivity index (χ1n) is 8.75. The van der Waals surface area contributed by atoms with E-state index in [-0.39, 0.29) is 5.56 Å². The van der Waals surface area contributed by atoms with E-state index in [0.29, 0.717) is 11.5 Å². The molecule has 0 aliphatic carbocycles. The zero-order valence-electron chi connectivity index (χ0n) is 14.7. The molecule has 1 aliphatic heterocycles. The van der Waals surface area contributed by atoms with Crippen LogP contribution in [0.1, 0.15) is 27.8 Å². The lowest BCUT2D eigenvalue weighted by Gasteiger charge is -2.27. The van der Waals surface area contributed by atoms with Gasteiger partial charge in [-0.2, -0.15) is 18.4 Å². The van der Waals surface area contributed by atoms with Gasteiger partial charge in [-0.1, -0.05) is 42.5 Å². The van der Waals surface area contributed by atoms with Crippen molar-refractivity contribution in [2.75, 3.05) is 19.6 Å². The summed E-state index contributed by atoms with van der Waals surface area (Å²) in [6.07, 6.45) is -1.14. The predicted octanol–water partition coefficient (Wildman–Crippen LogP) is 4.06. The van der Waals surface area contributed by atoms with Gasteiger partial charge in [0.15, 0.2) is 0 Å². The van der Waals surface area contributed by atoms with E-state index in [9.17, 15) is 13.2 Å². The van der Waals surface area contributed by atoms with Gasteiger partial charge < -0.3 is 10.6 Å². The molecule has 0 atom stereocenters. The van der Waals surface area contributed by atoms with Crippen LogP contribution in [0, 0.1) is 17.2 Å². The second kappa shape index (κ2) is 8.38. The van der Waals surface area contributed by atoms with E-state index < -0.39 is 11.7 Å². The van der Waals surface area contributed by atoms with Crippen LogP contribution >= 0.6 is 0 Å². The molecule has 0 unspecified atom stereocenters. The zero-order chi connectivity index (χ0) is 19.3. The van der Waals surface area contributed by atoms with Crippen LogP contribution in [0.15, 0.2) is 42.5 Å². The number of halogens is 3. The maximum Gasteiger partial charge on any atom is 0.417 e. The zero-order valence-corrected chi connectivity index (χ0v) is 14.7. The smallest absolute Gasteiger partial charge is 0.316 e. The normalized spacial score (nSPS) is 14.9. The summed E-state index contributed by atoms with van der Waals surface area (Å²) >= 11 is 0. The fourth-order valence-corrected chi connectivity index (χ4v) is 2.91. The van der Waals surface area contributed by atoms with Crippen molar-refractivity contribution in [1.82, 2.24) is 10.6 Å². The Balaban J connectivity index is 1.68. The van der Waals surface area contributed by atoms with Crippen molar-refractivity contribution in [2.24, 2.45) is 5.92 Å². The average Bonchev–Trinajstić information content (AvgIpc) is 2.61. The van der Waals surface area contributed by atoms with Crippen LogP contribution in [0.3, 0.4) is 0 Å². The van der Waals surface area contributed by atoms with Crippen LogP contribution in [0.25, 0.3) is 12.2 Å². The molecule has 0 aromatic heterocycles. The molecule has 2 aromatic rings. The highest BCUT2D eigenvalue weighted by Crippen LogP contribution is 2.32. The number of nitrogens with zero attached hydrogens (tertiary/aromatic N) is 1. The summed E-state index contributed by atoms with van der Waals surface area (Å²) in [6.45, 7) is 3.84. The highest BCUT2D eigenvalue weighted by atomic mass is 19.4. The molecule has 140 valence electrons.